The third-order valence-electron chi connectivity index (χ3n) is 8.20. The van der Waals surface area contributed by atoms with Crippen molar-refractivity contribution in [1.29, 1.82) is 0 Å². The van der Waals surface area contributed by atoms with Crippen molar-refractivity contribution >= 4 is 33.3 Å². The molecule has 5 rings (SSSR count). The van der Waals surface area contributed by atoms with E-state index in [1.165, 1.54) is 19.3 Å². The zero-order chi connectivity index (χ0) is 27.4. The van der Waals surface area contributed by atoms with E-state index in [0.717, 1.165) is 41.3 Å². The molecule has 212 valence electrons. The van der Waals surface area contributed by atoms with Gasteiger partial charge in [0.1, 0.15) is 0 Å². The van der Waals surface area contributed by atoms with Crippen LogP contribution in [0.5, 0.6) is 0 Å². The lowest BCUT2D eigenvalue weighted by molar-refractivity contribution is 0.0821. The summed E-state index contributed by atoms with van der Waals surface area (Å²) >= 11 is 0. The maximum absolute atomic E-state index is 13.8. The second kappa shape index (κ2) is 12.3. The Labute approximate surface area is 232 Å². The summed E-state index contributed by atoms with van der Waals surface area (Å²) in [5, 5.41) is 18.8. The number of anilines is 1. The summed E-state index contributed by atoms with van der Waals surface area (Å²) in [6.45, 7) is 2.99. The normalized spacial score (nSPS) is 20.2. The summed E-state index contributed by atoms with van der Waals surface area (Å²) in [5.41, 5.74) is 3.99. The first-order valence-corrected chi connectivity index (χ1v) is 16.0. The Hall–Kier alpha value is -2.56. The number of nitrogens with one attached hydrogen (secondary N) is 3. The molecule has 0 unspecified atom stereocenters. The van der Waals surface area contributed by atoms with E-state index < -0.39 is 22.9 Å². The lowest BCUT2D eigenvalue weighted by Gasteiger charge is -2.38. The van der Waals surface area contributed by atoms with Crippen molar-refractivity contribution in [3.05, 3.63) is 65.4 Å². The molecular weight excluding hydrogens is 512 g/mol. The quantitative estimate of drug-likeness (QED) is 0.204. The first-order chi connectivity index (χ1) is 18.9. The van der Waals surface area contributed by atoms with Crippen molar-refractivity contribution in [3.8, 4) is 0 Å². The highest BCUT2D eigenvalue weighted by atomic mass is 32.3. The number of carbonyl (C=O) groups is 1. The molecule has 1 saturated carbocycles. The largest absolute Gasteiger partial charge is 0.390 e. The number of aromatic amines is 1. The number of fused-ring (bicyclic) bond motifs is 1. The number of carbonyl (C=O) groups excluding carboxylic acids is 1. The molecule has 1 amide bonds. The number of H-pyrrole nitrogens is 1. The number of aromatic nitrogens is 1. The van der Waals surface area contributed by atoms with Crippen LogP contribution in [0.15, 0.2) is 48.7 Å². The van der Waals surface area contributed by atoms with Crippen LogP contribution in [0.1, 0.15) is 66.9 Å². The number of aryl methyl sites for hydroxylation is 1. The second-order valence-corrected chi connectivity index (χ2v) is 13.1. The Balaban J connectivity index is 1.41. The Morgan fingerprint density at radius 1 is 1.13 bits per heavy atom. The van der Waals surface area contributed by atoms with Gasteiger partial charge < -0.3 is 20.7 Å². The van der Waals surface area contributed by atoms with Gasteiger partial charge >= 0.3 is 0 Å². The van der Waals surface area contributed by atoms with E-state index in [-0.39, 0.29) is 5.91 Å². The summed E-state index contributed by atoms with van der Waals surface area (Å²) in [5.74, 6) is 0.0423. The summed E-state index contributed by atoms with van der Waals surface area (Å²) in [6.07, 6.45) is 9.07. The molecule has 2 atom stereocenters. The fourth-order valence-electron chi connectivity index (χ4n) is 5.96. The standard InChI is InChI=1S/C30H42N4O4S/c1-2-22-19-32-29-25(22)17-23(18-27(29)34-14-9-15-39(34,37)38)30(36)33-26(16-21-10-5-3-6-11-21)28(35)20-31-24-12-7-4-8-13-24/h3,5-6,10-11,17-19,24,26,28,31-32,35,37-38H,2,4,7-9,12-16,20H2,1H3,(H,33,36)/t26-,28+/m0/s1. The Bertz CT molecular complexity index is 1260. The van der Waals surface area contributed by atoms with Gasteiger partial charge in [-0.05, 0) is 55.4 Å². The fraction of sp³-hybridized carbons (Fsp3) is 0.500. The van der Waals surface area contributed by atoms with Crippen LogP contribution in [-0.4, -0.2) is 62.1 Å². The van der Waals surface area contributed by atoms with Crippen LogP contribution in [0.2, 0.25) is 0 Å². The third-order valence-corrected chi connectivity index (χ3v) is 10.1. The Morgan fingerprint density at radius 3 is 2.59 bits per heavy atom. The van der Waals surface area contributed by atoms with Crippen molar-refractivity contribution in [2.45, 2.75) is 76.5 Å². The van der Waals surface area contributed by atoms with Gasteiger partial charge in [0.2, 0.25) is 0 Å². The fourth-order valence-corrected chi connectivity index (χ4v) is 7.58. The topological polar surface area (TPSA) is 121 Å². The lowest BCUT2D eigenvalue weighted by Crippen LogP contribution is -2.50. The van der Waals surface area contributed by atoms with Gasteiger partial charge in [-0.3, -0.25) is 18.2 Å². The number of hydrogen-bond acceptors (Lipinski definition) is 6. The molecule has 2 fully saturated rings. The predicted octanol–water partition coefficient (Wildman–Crippen LogP) is 5.23. The lowest BCUT2D eigenvalue weighted by atomic mass is 9.94. The Morgan fingerprint density at radius 2 is 1.90 bits per heavy atom. The number of amides is 1. The van der Waals surface area contributed by atoms with Gasteiger partial charge in [0.05, 0.1) is 29.1 Å². The van der Waals surface area contributed by atoms with E-state index in [9.17, 15) is 19.0 Å². The van der Waals surface area contributed by atoms with Gasteiger partial charge in [-0.2, -0.15) is 0 Å². The average molecular weight is 555 g/mol. The van der Waals surface area contributed by atoms with Crippen LogP contribution >= 0.6 is 10.8 Å². The van der Waals surface area contributed by atoms with Crippen LogP contribution in [0.25, 0.3) is 10.9 Å². The zero-order valence-corrected chi connectivity index (χ0v) is 23.6. The Kier molecular flexibility index (Phi) is 8.83. The van der Waals surface area contributed by atoms with Gasteiger partial charge in [0.15, 0.2) is 0 Å². The van der Waals surface area contributed by atoms with Crippen molar-refractivity contribution in [1.82, 2.24) is 15.6 Å². The van der Waals surface area contributed by atoms with E-state index in [0.29, 0.717) is 49.0 Å². The molecular formula is C30H42N4O4S. The summed E-state index contributed by atoms with van der Waals surface area (Å²) in [6, 6.07) is 13.5. The van der Waals surface area contributed by atoms with Crippen molar-refractivity contribution in [3.63, 3.8) is 0 Å². The molecule has 1 aliphatic heterocycles. The highest BCUT2D eigenvalue weighted by Crippen LogP contribution is 2.52. The van der Waals surface area contributed by atoms with E-state index in [4.69, 9.17) is 0 Å². The molecule has 9 heteroatoms. The van der Waals surface area contributed by atoms with E-state index in [2.05, 4.69) is 22.5 Å². The van der Waals surface area contributed by atoms with Crippen LogP contribution in [0, 0.1) is 0 Å². The highest BCUT2D eigenvalue weighted by molar-refractivity contribution is 8.25. The highest BCUT2D eigenvalue weighted by Gasteiger charge is 2.32. The monoisotopic (exact) mass is 554 g/mol. The third kappa shape index (κ3) is 6.44. The van der Waals surface area contributed by atoms with Gasteiger partial charge in [-0.1, -0.05) is 56.5 Å². The van der Waals surface area contributed by atoms with E-state index >= 15 is 0 Å². The molecule has 39 heavy (non-hydrogen) atoms. The van der Waals surface area contributed by atoms with Crippen LogP contribution in [-0.2, 0) is 12.8 Å². The van der Waals surface area contributed by atoms with Crippen LogP contribution < -0.4 is 14.9 Å². The average Bonchev–Trinajstić information content (AvgIpc) is 3.53. The number of nitrogens with zero attached hydrogens (tertiary/aromatic N) is 1. The smallest absolute Gasteiger partial charge is 0.251 e. The predicted molar refractivity (Wildman–Crippen MR) is 160 cm³/mol. The molecule has 3 aromatic rings. The molecule has 0 bridgehead atoms. The second-order valence-electron chi connectivity index (χ2n) is 11.0. The first-order valence-electron chi connectivity index (χ1n) is 14.3. The van der Waals surface area contributed by atoms with Crippen LogP contribution in [0.3, 0.4) is 0 Å². The van der Waals surface area contributed by atoms with Gasteiger partial charge in [0, 0.05) is 36.3 Å². The maximum Gasteiger partial charge on any atom is 0.251 e. The summed E-state index contributed by atoms with van der Waals surface area (Å²) < 4.78 is 23.1. The van der Waals surface area contributed by atoms with Gasteiger partial charge in [-0.15, -0.1) is 10.8 Å². The minimum absolute atomic E-state index is 0.283. The molecule has 1 aliphatic carbocycles. The minimum atomic E-state index is -2.93. The minimum Gasteiger partial charge on any atom is -0.390 e. The molecule has 0 radical (unpaired) electrons. The maximum atomic E-state index is 13.8. The van der Waals surface area contributed by atoms with Gasteiger partial charge in [0.25, 0.3) is 5.91 Å². The molecule has 2 heterocycles. The SMILES string of the molecule is CCc1c[nH]c2c(N3CCCS3(O)O)cc(C(=O)N[C@@H](Cc3ccccc3)[C@H](O)CNC3CCCCC3)cc12. The molecule has 2 aromatic carbocycles. The number of aliphatic hydroxyl groups is 1. The van der Waals surface area contributed by atoms with E-state index in [1.807, 2.05) is 42.6 Å². The van der Waals surface area contributed by atoms with E-state index in [1.54, 1.807) is 10.4 Å². The molecule has 8 nitrogen and oxygen atoms in total. The number of benzene rings is 2. The van der Waals surface area contributed by atoms with Crippen LogP contribution in [0.4, 0.5) is 5.69 Å². The van der Waals surface area contributed by atoms with Crippen molar-refractivity contribution < 1.29 is 19.0 Å². The number of rotatable bonds is 10. The summed E-state index contributed by atoms with van der Waals surface area (Å²) in [7, 11) is -2.93. The molecule has 1 saturated heterocycles. The molecule has 2 aliphatic rings. The van der Waals surface area contributed by atoms with Crippen molar-refractivity contribution in [2.24, 2.45) is 0 Å². The zero-order valence-electron chi connectivity index (χ0n) is 22.7. The molecule has 0 spiro atoms. The number of hydrogen-bond donors (Lipinski definition) is 6. The molecule has 6 N–H and O–H groups in total. The van der Waals surface area contributed by atoms with Gasteiger partial charge in [-0.25, -0.2) is 0 Å². The first kappa shape index (κ1) is 28.0. The summed E-state index contributed by atoms with van der Waals surface area (Å²) in [4.78, 5) is 17.1. The van der Waals surface area contributed by atoms with Crippen molar-refractivity contribution in [2.75, 3.05) is 23.1 Å². The number of aliphatic hydroxyl groups excluding tert-OH is 1. The molecule has 1 aromatic heterocycles.